The molecule has 0 aromatic carbocycles. The van der Waals surface area contributed by atoms with Crippen LogP contribution in [0, 0.1) is 0 Å². The fourth-order valence-electron chi connectivity index (χ4n) is 2.81. The van der Waals surface area contributed by atoms with Gasteiger partial charge in [0.05, 0.1) is 5.60 Å². The lowest BCUT2D eigenvalue weighted by Crippen LogP contribution is -2.49. The van der Waals surface area contributed by atoms with E-state index in [0.717, 1.165) is 26.0 Å². The van der Waals surface area contributed by atoms with Gasteiger partial charge in [0.2, 0.25) is 0 Å². The first-order chi connectivity index (χ1) is 7.66. The smallest absolute Gasteiger partial charge is 0.0641 e. The SMILES string of the molecule is CC1(C)CC(NCC2CCCCN2)CCO1. The minimum atomic E-state index is 0.0654. The molecule has 2 fully saturated rings. The standard InChI is InChI=1S/C13H26N2O/c1-13(2)9-11(6-8-16-13)15-10-12-5-3-4-7-14-12/h11-12,14-15H,3-10H2,1-2H3. The van der Waals surface area contributed by atoms with Crippen LogP contribution < -0.4 is 10.6 Å². The topological polar surface area (TPSA) is 33.3 Å². The van der Waals surface area contributed by atoms with Crippen molar-refractivity contribution in [3.8, 4) is 0 Å². The Bertz CT molecular complexity index is 212. The highest BCUT2D eigenvalue weighted by molar-refractivity contribution is 4.84. The van der Waals surface area contributed by atoms with Crippen LogP contribution in [0.3, 0.4) is 0 Å². The molecule has 0 aliphatic carbocycles. The van der Waals surface area contributed by atoms with E-state index < -0.39 is 0 Å². The van der Waals surface area contributed by atoms with Gasteiger partial charge in [-0.2, -0.15) is 0 Å². The average Bonchev–Trinajstić information content (AvgIpc) is 2.27. The zero-order chi connectivity index (χ0) is 11.4. The maximum absolute atomic E-state index is 5.73. The number of hydrogen-bond donors (Lipinski definition) is 2. The number of ether oxygens (including phenoxy) is 1. The summed E-state index contributed by atoms with van der Waals surface area (Å²) in [5, 5.41) is 7.29. The molecule has 2 unspecified atom stereocenters. The summed E-state index contributed by atoms with van der Waals surface area (Å²) in [6, 6.07) is 1.34. The van der Waals surface area contributed by atoms with Crippen LogP contribution in [0.1, 0.15) is 46.0 Å². The summed E-state index contributed by atoms with van der Waals surface area (Å²) in [5.41, 5.74) is 0.0654. The third-order valence-corrected chi connectivity index (χ3v) is 3.76. The van der Waals surface area contributed by atoms with Crippen LogP contribution in [0.15, 0.2) is 0 Å². The Balaban J connectivity index is 1.68. The quantitative estimate of drug-likeness (QED) is 0.768. The Morgan fingerprint density at radius 2 is 2.19 bits per heavy atom. The molecule has 94 valence electrons. The van der Waals surface area contributed by atoms with E-state index in [1.165, 1.54) is 25.8 Å². The zero-order valence-electron chi connectivity index (χ0n) is 10.7. The molecule has 2 rings (SSSR count). The highest BCUT2D eigenvalue weighted by atomic mass is 16.5. The summed E-state index contributed by atoms with van der Waals surface area (Å²) in [4.78, 5) is 0. The Morgan fingerprint density at radius 1 is 1.31 bits per heavy atom. The third-order valence-electron chi connectivity index (χ3n) is 3.76. The fraction of sp³-hybridized carbons (Fsp3) is 1.00. The van der Waals surface area contributed by atoms with Crippen molar-refractivity contribution in [2.24, 2.45) is 0 Å². The van der Waals surface area contributed by atoms with E-state index in [0.29, 0.717) is 12.1 Å². The van der Waals surface area contributed by atoms with Gasteiger partial charge in [-0.1, -0.05) is 6.42 Å². The van der Waals surface area contributed by atoms with Gasteiger partial charge in [-0.15, -0.1) is 0 Å². The van der Waals surface area contributed by atoms with Crippen LogP contribution in [-0.4, -0.2) is 37.4 Å². The molecule has 2 aliphatic heterocycles. The second-order valence-corrected chi connectivity index (χ2v) is 5.85. The molecule has 3 heteroatoms. The first kappa shape index (κ1) is 12.3. The summed E-state index contributed by atoms with van der Waals surface area (Å²) in [5.74, 6) is 0. The molecule has 2 atom stereocenters. The van der Waals surface area contributed by atoms with Gasteiger partial charge in [0, 0.05) is 25.2 Å². The molecule has 3 nitrogen and oxygen atoms in total. The molecule has 2 aliphatic rings. The maximum atomic E-state index is 5.73. The lowest BCUT2D eigenvalue weighted by Gasteiger charge is -2.37. The summed E-state index contributed by atoms with van der Waals surface area (Å²) < 4.78 is 5.73. The number of nitrogens with one attached hydrogen (secondary N) is 2. The van der Waals surface area contributed by atoms with E-state index in [9.17, 15) is 0 Å². The van der Waals surface area contributed by atoms with Crippen LogP contribution in [0.4, 0.5) is 0 Å². The van der Waals surface area contributed by atoms with Crippen molar-refractivity contribution in [2.45, 2.75) is 63.6 Å². The molecule has 0 spiro atoms. The van der Waals surface area contributed by atoms with E-state index in [2.05, 4.69) is 24.5 Å². The van der Waals surface area contributed by atoms with Crippen molar-refractivity contribution < 1.29 is 4.74 Å². The molecule has 2 heterocycles. The summed E-state index contributed by atoms with van der Waals surface area (Å²) in [7, 11) is 0. The van der Waals surface area contributed by atoms with Crippen LogP contribution >= 0.6 is 0 Å². The van der Waals surface area contributed by atoms with Gasteiger partial charge in [-0.3, -0.25) is 0 Å². The Labute approximate surface area is 99.3 Å². The number of piperidine rings is 1. The Hall–Kier alpha value is -0.120. The molecule has 16 heavy (non-hydrogen) atoms. The summed E-state index contributed by atoms with van der Waals surface area (Å²) in [6.45, 7) is 7.62. The Morgan fingerprint density at radius 3 is 2.88 bits per heavy atom. The zero-order valence-corrected chi connectivity index (χ0v) is 10.7. The molecule has 2 saturated heterocycles. The van der Waals surface area contributed by atoms with Crippen molar-refractivity contribution in [2.75, 3.05) is 19.7 Å². The number of rotatable bonds is 3. The molecule has 0 bridgehead atoms. The first-order valence-corrected chi connectivity index (χ1v) is 6.76. The van der Waals surface area contributed by atoms with Gasteiger partial charge < -0.3 is 15.4 Å². The van der Waals surface area contributed by atoms with E-state index in [1.807, 2.05) is 0 Å². The first-order valence-electron chi connectivity index (χ1n) is 6.76. The molecule has 0 aromatic rings. The lowest BCUT2D eigenvalue weighted by atomic mass is 9.93. The predicted octanol–water partition coefficient (Wildman–Crippen LogP) is 1.68. The maximum Gasteiger partial charge on any atom is 0.0641 e. The van der Waals surface area contributed by atoms with Gasteiger partial charge in [0.25, 0.3) is 0 Å². The second-order valence-electron chi connectivity index (χ2n) is 5.85. The van der Waals surface area contributed by atoms with Gasteiger partial charge in [0.1, 0.15) is 0 Å². The number of hydrogen-bond acceptors (Lipinski definition) is 3. The van der Waals surface area contributed by atoms with Crippen LogP contribution in [0.5, 0.6) is 0 Å². The highest BCUT2D eigenvalue weighted by Gasteiger charge is 2.28. The van der Waals surface area contributed by atoms with E-state index in [4.69, 9.17) is 4.74 Å². The fourth-order valence-corrected chi connectivity index (χ4v) is 2.81. The highest BCUT2D eigenvalue weighted by Crippen LogP contribution is 2.23. The molecular formula is C13H26N2O. The Kier molecular flexibility index (Phi) is 4.22. The van der Waals surface area contributed by atoms with Crippen molar-refractivity contribution in [3.63, 3.8) is 0 Å². The molecule has 0 saturated carbocycles. The van der Waals surface area contributed by atoms with Crippen LogP contribution in [-0.2, 0) is 4.74 Å². The van der Waals surface area contributed by atoms with Gasteiger partial charge in [-0.25, -0.2) is 0 Å². The van der Waals surface area contributed by atoms with Crippen LogP contribution in [0.25, 0.3) is 0 Å². The monoisotopic (exact) mass is 226 g/mol. The lowest BCUT2D eigenvalue weighted by molar-refractivity contribution is -0.0630. The molecule has 0 radical (unpaired) electrons. The van der Waals surface area contributed by atoms with E-state index >= 15 is 0 Å². The predicted molar refractivity (Wildman–Crippen MR) is 66.7 cm³/mol. The molecular weight excluding hydrogens is 200 g/mol. The van der Waals surface area contributed by atoms with Gasteiger partial charge >= 0.3 is 0 Å². The van der Waals surface area contributed by atoms with Crippen molar-refractivity contribution in [3.05, 3.63) is 0 Å². The van der Waals surface area contributed by atoms with Crippen molar-refractivity contribution in [1.82, 2.24) is 10.6 Å². The van der Waals surface area contributed by atoms with E-state index in [-0.39, 0.29) is 5.60 Å². The molecule has 0 amide bonds. The van der Waals surface area contributed by atoms with Gasteiger partial charge in [-0.05, 0) is 46.1 Å². The second kappa shape index (κ2) is 5.48. The largest absolute Gasteiger partial charge is 0.375 e. The van der Waals surface area contributed by atoms with Gasteiger partial charge in [0.15, 0.2) is 0 Å². The van der Waals surface area contributed by atoms with Crippen molar-refractivity contribution >= 4 is 0 Å². The summed E-state index contributed by atoms with van der Waals surface area (Å²) >= 11 is 0. The minimum Gasteiger partial charge on any atom is -0.375 e. The average molecular weight is 226 g/mol. The third kappa shape index (κ3) is 3.72. The molecule has 2 N–H and O–H groups in total. The van der Waals surface area contributed by atoms with Crippen LogP contribution in [0.2, 0.25) is 0 Å². The minimum absolute atomic E-state index is 0.0654. The summed E-state index contributed by atoms with van der Waals surface area (Å²) in [6.07, 6.45) is 6.37. The molecule has 0 aromatic heterocycles. The van der Waals surface area contributed by atoms with Crippen molar-refractivity contribution in [1.29, 1.82) is 0 Å². The normalized spacial score (nSPS) is 34.9. The van der Waals surface area contributed by atoms with E-state index in [1.54, 1.807) is 0 Å².